The molecule has 102 valence electrons. The van der Waals surface area contributed by atoms with Crippen molar-refractivity contribution in [1.29, 1.82) is 0 Å². The number of Topliss-reactive ketones (excluding diaryl/α,β-unsaturated/α-hetero) is 1. The van der Waals surface area contributed by atoms with E-state index in [2.05, 4.69) is 13.8 Å². The lowest BCUT2D eigenvalue weighted by Crippen LogP contribution is -2.12. The molecule has 0 aromatic rings. The summed E-state index contributed by atoms with van der Waals surface area (Å²) in [7, 11) is 0. The van der Waals surface area contributed by atoms with Crippen LogP contribution in [0.15, 0.2) is 0 Å². The van der Waals surface area contributed by atoms with Crippen molar-refractivity contribution in [3.05, 3.63) is 0 Å². The van der Waals surface area contributed by atoms with Gasteiger partial charge in [-0.25, -0.2) is 0 Å². The van der Waals surface area contributed by atoms with Crippen LogP contribution in [0.1, 0.15) is 78.1 Å². The van der Waals surface area contributed by atoms with Crippen LogP contribution in [0.2, 0.25) is 0 Å². The Morgan fingerprint density at radius 3 is 2.18 bits per heavy atom. The zero-order chi connectivity index (χ0) is 12.9. The molecule has 0 saturated carbocycles. The monoisotopic (exact) mass is 241 g/mol. The maximum atomic E-state index is 11.6. The normalized spacial score (nSPS) is 12.6. The largest absolute Gasteiger partial charge is 0.330 e. The van der Waals surface area contributed by atoms with Crippen molar-refractivity contribution in [2.24, 2.45) is 11.7 Å². The van der Waals surface area contributed by atoms with Gasteiger partial charge in [-0.05, 0) is 25.3 Å². The standard InChI is InChI=1S/C15H31NO/c1-3-4-5-6-7-8-9-10-15(17)12-11-14(2)13-16/h14H,3-13,16H2,1-2H3. The van der Waals surface area contributed by atoms with E-state index in [0.717, 1.165) is 25.7 Å². The molecule has 1 atom stereocenters. The third kappa shape index (κ3) is 11.9. The molecule has 1 unspecified atom stereocenters. The summed E-state index contributed by atoms with van der Waals surface area (Å²) in [5.41, 5.74) is 5.53. The highest BCUT2D eigenvalue weighted by atomic mass is 16.1. The molecule has 0 heterocycles. The van der Waals surface area contributed by atoms with Crippen molar-refractivity contribution in [2.45, 2.75) is 78.1 Å². The molecule has 2 nitrogen and oxygen atoms in total. The van der Waals surface area contributed by atoms with Gasteiger partial charge in [0.1, 0.15) is 5.78 Å². The van der Waals surface area contributed by atoms with E-state index in [9.17, 15) is 4.79 Å². The Hall–Kier alpha value is -0.370. The molecule has 0 radical (unpaired) electrons. The summed E-state index contributed by atoms with van der Waals surface area (Å²) in [6.07, 6.45) is 11.4. The van der Waals surface area contributed by atoms with Crippen molar-refractivity contribution in [2.75, 3.05) is 6.54 Å². The molecule has 0 amide bonds. The number of hydrogen-bond acceptors (Lipinski definition) is 2. The lowest BCUT2D eigenvalue weighted by Gasteiger charge is -2.06. The van der Waals surface area contributed by atoms with Gasteiger partial charge in [0.05, 0.1) is 0 Å². The second kappa shape index (κ2) is 12.1. The van der Waals surface area contributed by atoms with Crippen LogP contribution in [-0.2, 0) is 4.79 Å². The molecule has 0 bridgehead atoms. The fraction of sp³-hybridized carbons (Fsp3) is 0.933. The molecule has 17 heavy (non-hydrogen) atoms. The molecule has 0 rings (SSSR count). The number of ketones is 1. The van der Waals surface area contributed by atoms with Gasteiger partial charge in [-0.3, -0.25) is 4.79 Å². The molecule has 0 aliphatic heterocycles. The second-order valence-corrected chi connectivity index (χ2v) is 5.29. The van der Waals surface area contributed by atoms with Gasteiger partial charge in [0.15, 0.2) is 0 Å². The van der Waals surface area contributed by atoms with Gasteiger partial charge < -0.3 is 5.73 Å². The van der Waals surface area contributed by atoms with Crippen LogP contribution in [0.4, 0.5) is 0 Å². The summed E-state index contributed by atoms with van der Waals surface area (Å²) < 4.78 is 0. The topological polar surface area (TPSA) is 43.1 Å². The lowest BCUT2D eigenvalue weighted by atomic mass is 10.0. The second-order valence-electron chi connectivity index (χ2n) is 5.29. The fourth-order valence-electron chi connectivity index (χ4n) is 1.93. The number of unbranched alkanes of at least 4 members (excludes halogenated alkanes) is 6. The molecule has 0 aliphatic carbocycles. The fourth-order valence-corrected chi connectivity index (χ4v) is 1.93. The maximum absolute atomic E-state index is 11.6. The predicted molar refractivity (Wildman–Crippen MR) is 75.1 cm³/mol. The van der Waals surface area contributed by atoms with Gasteiger partial charge >= 0.3 is 0 Å². The van der Waals surface area contributed by atoms with Gasteiger partial charge in [0, 0.05) is 12.8 Å². The Morgan fingerprint density at radius 2 is 1.59 bits per heavy atom. The van der Waals surface area contributed by atoms with Crippen LogP contribution in [0.3, 0.4) is 0 Å². The van der Waals surface area contributed by atoms with Crippen LogP contribution in [0.5, 0.6) is 0 Å². The molecule has 0 aliphatic rings. The van der Waals surface area contributed by atoms with Gasteiger partial charge in [0.2, 0.25) is 0 Å². The Labute approximate surface area is 107 Å². The number of nitrogens with two attached hydrogens (primary N) is 1. The van der Waals surface area contributed by atoms with E-state index in [1.807, 2.05) is 0 Å². The minimum absolute atomic E-state index is 0.429. The first-order valence-corrected chi connectivity index (χ1v) is 7.42. The zero-order valence-electron chi connectivity index (χ0n) is 11.8. The summed E-state index contributed by atoms with van der Waals surface area (Å²) in [5.74, 6) is 0.923. The Kier molecular flexibility index (Phi) is 11.8. The molecular formula is C15H31NO. The third-order valence-corrected chi connectivity index (χ3v) is 3.38. The first kappa shape index (κ1) is 16.6. The summed E-state index contributed by atoms with van der Waals surface area (Å²) in [5, 5.41) is 0. The summed E-state index contributed by atoms with van der Waals surface area (Å²) >= 11 is 0. The average molecular weight is 241 g/mol. The third-order valence-electron chi connectivity index (χ3n) is 3.38. The maximum Gasteiger partial charge on any atom is 0.132 e. The van der Waals surface area contributed by atoms with Crippen molar-refractivity contribution in [3.8, 4) is 0 Å². The van der Waals surface area contributed by atoms with Crippen LogP contribution in [0, 0.1) is 5.92 Å². The Bertz CT molecular complexity index is 180. The first-order valence-electron chi connectivity index (χ1n) is 7.42. The molecule has 0 saturated heterocycles. The molecule has 0 spiro atoms. The van der Waals surface area contributed by atoms with Gasteiger partial charge in [-0.15, -0.1) is 0 Å². The SMILES string of the molecule is CCCCCCCCCC(=O)CCC(C)CN. The summed E-state index contributed by atoms with van der Waals surface area (Å²) in [6, 6.07) is 0. The smallest absolute Gasteiger partial charge is 0.132 e. The lowest BCUT2D eigenvalue weighted by molar-refractivity contribution is -0.119. The number of carbonyl (C=O) groups excluding carboxylic acids is 1. The van der Waals surface area contributed by atoms with Gasteiger partial charge in [-0.2, -0.15) is 0 Å². The highest BCUT2D eigenvalue weighted by Gasteiger charge is 2.05. The number of hydrogen-bond donors (Lipinski definition) is 1. The summed E-state index contributed by atoms with van der Waals surface area (Å²) in [6.45, 7) is 5.05. The Morgan fingerprint density at radius 1 is 1.00 bits per heavy atom. The van der Waals surface area contributed by atoms with Crippen LogP contribution in [0.25, 0.3) is 0 Å². The van der Waals surface area contributed by atoms with E-state index in [-0.39, 0.29) is 0 Å². The van der Waals surface area contributed by atoms with Crippen molar-refractivity contribution in [3.63, 3.8) is 0 Å². The zero-order valence-corrected chi connectivity index (χ0v) is 11.8. The van der Waals surface area contributed by atoms with Crippen LogP contribution >= 0.6 is 0 Å². The first-order chi connectivity index (χ1) is 8.20. The molecular weight excluding hydrogens is 210 g/mol. The molecule has 0 aromatic heterocycles. The van der Waals surface area contributed by atoms with Gasteiger partial charge in [0.25, 0.3) is 0 Å². The van der Waals surface area contributed by atoms with Crippen molar-refractivity contribution >= 4 is 5.78 Å². The molecule has 2 N–H and O–H groups in total. The van der Waals surface area contributed by atoms with Crippen LogP contribution < -0.4 is 5.73 Å². The molecule has 2 heteroatoms. The van der Waals surface area contributed by atoms with Crippen molar-refractivity contribution in [1.82, 2.24) is 0 Å². The highest BCUT2D eigenvalue weighted by Crippen LogP contribution is 2.11. The minimum atomic E-state index is 0.429. The quantitative estimate of drug-likeness (QED) is 0.523. The number of carbonyl (C=O) groups is 1. The minimum Gasteiger partial charge on any atom is -0.330 e. The molecule has 0 fully saturated rings. The highest BCUT2D eigenvalue weighted by molar-refractivity contribution is 5.78. The van der Waals surface area contributed by atoms with E-state index in [1.54, 1.807) is 0 Å². The van der Waals surface area contributed by atoms with E-state index in [1.165, 1.54) is 38.5 Å². The molecule has 0 aromatic carbocycles. The van der Waals surface area contributed by atoms with E-state index in [4.69, 9.17) is 5.73 Å². The number of rotatable bonds is 12. The van der Waals surface area contributed by atoms with E-state index < -0.39 is 0 Å². The van der Waals surface area contributed by atoms with Crippen molar-refractivity contribution < 1.29 is 4.79 Å². The van der Waals surface area contributed by atoms with E-state index >= 15 is 0 Å². The van der Waals surface area contributed by atoms with Gasteiger partial charge in [-0.1, -0.05) is 52.4 Å². The summed E-state index contributed by atoms with van der Waals surface area (Å²) in [4.78, 5) is 11.6. The van der Waals surface area contributed by atoms with Crippen LogP contribution in [-0.4, -0.2) is 12.3 Å². The van der Waals surface area contributed by atoms with E-state index in [0.29, 0.717) is 18.2 Å². The predicted octanol–water partition coefficient (Wildman–Crippen LogP) is 4.07. The average Bonchev–Trinajstić information content (AvgIpc) is 2.34. The Balaban J connectivity index is 3.22.